The van der Waals surface area contributed by atoms with E-state index in [2.05, 4.69) is 160 Å². The van der Waals surface area contributed by atoms with E-state index in [0.717, 1.165) is 0 Å². The standard InChI is InChI=1S/C31H8O2/c1-4-5-6-7-8-9-10-11-12-13-14-15-16-17-18-19-20-21-22-23-24-25-26-27-28-29-30(2)31(32)33-3/h1H2,2-3H3. The third-order valence-corrected chi connectivity index (χ3v) is 2.27. The third kappa shape index (κ3) is 20.0. The molecule has 33 heavy (non-hydrogen) atoms. The van der Waals surface area contributed by atoms with E-state index in [4.69, 9.17) is 0 Å². The summed E-state index contributed by atoms with van der Waals surface area (Å²) in [6.45, 7) is 4.84. The van der Waals surface area contributed by atoms with Gasteiger partial charge in [0.25, 0.3) is 0 Å². The highest BCUT2D eigenvalue weighted by Crippen LogP contribution is 1.90. The van der Waals surface area contributed by atoms with Crippen molar-refractivity contribution in [1.29, 1.82) is 0 Å². The van der Waals surface area contributed by atoms with Crippen LogP contribution in [0.1, 0.15) is 6.92 Å². The van der Waals surface area contributed by atoms with E-state index in [-0.39, 0.29) is 5.57 Å². The summed E-state index contributed by atoms with van der Waals surface area (Å²) >= 11 is 0. The van der Waals surface area contributed by atoms with E-state index in [1.54, 1.807) is 0 Å². The topological polar surface area (TPSA) is 26.3 Å². The van der Waals surface area contributed by atoms with Crippen LogP contribution in [0.25, 0.3) is 0 Å². The predicted octanol–water partition coefficient (Wildman–Crippen LogP) is 4.77. The Morgan fingerprint density at radius 1 is 0.485 bits per heavy atom. The Bertz CT molecular complexity index is 1840. The van der Waals surface area contributed by atoms with Crippen LogP contribution in [0.5, 0.6) is 0 Å². The minimum atomic E-state index is -0.501. The smallest absolute Gasteiger partial charge is 0.341 e. The molecule has 0 aromatic heterocycles. The fourth-order valence-corrected chi connectivity index (χ4v) is 1.06. The maximum atomic E-state index is 11.1. The van der Waals surface area contributed by atoms with E-state index in [1.807, 2.05) is 0 Å². The van der Waals surface area contributed by atoms with Crippen molar-refractivity contribution >= 4 is 5.97 Å². The molecule has 0 fully saturated rings. The predicted molar refractivity (Wildman–Crippen MR) is 118 cm³/mol. The quantitative estimate of drug-likeness (QED) is 0.352. The minimum Gasteiger partial charge on any atom is -0.465 e. The molecule has 144 valence electrons. The maximum Gasteiger partial charge on any atom is 0.341 e. The average molecular weight is 412 g/mol. The lowest BCUT2D eigenvalue weighted by Gasteiger charge is -1.91. The average Bonchev–Trinajstić information content (AvgIpc) is 2.83. The zero-order valence-corrected chi connectivity index (χ0v) is 17.5. The Balaban J connectivity index is 5.93. The Morgan fingerprint density at radius 3 is 0.970 bits per heavy atom. The molecule has 0 N–H and O–H groups in total. The van der Waals surface area contributed by atoms with Crippen LogP contribution in [-0.4, -0.2) is 13.1 Å². The van der Waals surface area contributed by atoms with Gasteiger partial charge in [0, 0.05) is 45.8 Å². The molecule has 0 rings (SSSR count). The van der Waals surface area contributed by atoms with Crippen molar-refractivity contribution in [1.82, 2.24) is 0 Å². The van der Waals surface area contributed by atoms with E-state index in [0.29, 0.717) is 0 Å². The number of hydrogen-bond donors (Lipinski definition) is 0. The molecule has 0 aliphatic rings. The summed E-state index contributed by atoms with van der Waals surface area (Å²) in [5.74, 6) is -0.501. The summed E-state index contributed by atoms with van der Waals surface area (Å²) in [6.07, 6.45) is 0. The molecule has 0 spiro atoms. The van der Waals surface area contributed by atoms with Crippen LogP contribution < -0.4 is 0 Å². The van der Waals surface area contributed by atoms with Crippen molar-refractivity contribution in [3.05, 3.63) is 161 Å². The summed E-state index contributed by atoms with van der Waals surface area (Å²) in [6, 6.07) is 0. The van der Waals surface area contributed by atoms with Crippen molar-refractivity contribution in [3.63, 3.8) is 0 Å². The van der Waals surface area contributed by atoms with Gasteiger partial charge in [0.2, 0.25) is 0 Å². The summed E-state index contributed by atoms with van der Waals surface area (Å²) in [5, 5.41) is 0. The number of esters is 1. The summed E-state index contributed by atoms with van der Waals surface area (Å²) < 4.78 is 4.49. The van der Waals surface area contributed by atoms with Crippen molar-refractivity contribution in [2.24, 2.45) is 0 Å². The highest BCUT2D eigenvalue weighted by atomic mass is 16.5. The second-order valence-electron chi connectivity index (χ2n) is 4.42. The van der Waals surface area contributed by atoms with E-state index in [1.165, 1.54) is 14.0 Å². The molecule has 0 aromatic rings. The van der Waals surface area contributed by atoms with Gasteiger partial charge in [0.1, 0.15) is 0 Å². The van der Waals surface area contributed by atoms with Gasteiger partial charge in [-0.3, -0.25) is 0 Å². The highest BCUT2D eigenvalue weighted by molar-refractivity contribution is 5.87. The molecule has 2 heteroatoms. The van der Waals surface area contributed by atoms with Crippen LogP contribution >= 0.6 is 0 Å². The zero-order valence-electron chi connectivity index (χ0n) is 17.5. The van der Waals surface area contributed by atoms with E-state index in [9.17, 15) is 4.79 Å². The van der Waals surface area contributed by atoms with Gasteiger partial charge in [0.05, 0.1) is 12.7 Å². The van der Waals surface area contributed by atoms with Crippen molar-refractivity contribution < 1.29 is 9.53 Å². The van der Waals surface area contributed by atoms with Gasteiger partial charge >= 0.3 is 5.97 Å². The molecule has 0 unspecified atom stereocenters. The summed E-state index contributed by atoms with van der Waals surface area (Å²) in [7, 11) is 1.28. The molecular formula is C31H8O2. The van der Waals surface area contributed by atoms with E-state index < -0.39 is 5.97 Å². The second kappa shape index (κ2) is 21.8. The van der Waals surface area contributed by atoms with Crippen LogP contribution in [0.3, 0.4) is 0 Å². The van der Waals surface area contributed by atoms with Crippen molar-refractivity contribution in [3.8, 4) is 0 Å². The van der Waals surface area contributed by atoms with Gasteiger partial charge in [0.15, 0.2) is 0 Å². The molecule has 0 amide bonds. The lowest BCUT2D eigenvalue weighted by Crippen LogP contribution is -1.99. The number of hydrogen-bond acceptors (Lipinski definition) is 2. The molecule has 0 aromatic carbocycles. The Kier molecular flexibility index (Phi) is 17.5. The molecule has 0 heterocycles. The fourth-order valence-electron chi connectivity index (χ4n) is 1.06. The minimum absolute atomic E-state index is 0.257. The fraction of sp³-hybridized carbons (Fsp3) is 0.0645. The molecule has 0 aliphatic heterocycles. The van der Waals surface area contributed by atoms with Crippen LogP contribution in [0.2, 0.25) is 0 Å². The molecule has 0 saturated heterocycles. The van der Waals surface area contributed by atoms with Crippen LogP contribution in [-0.2, 0) is 9.53 Å². The number of carbonyl (C=O) groups is 1. The molecular weight excluding hydrogens is 404 g/mol. The zero-order chi connectivity index (χ0) is 24.2. The van der Waals surface area contributed by atoms with Gasteiger partial charge < -0.3 is 4.74 Å². The Hall–Kier alpha value is -6.51. The highest BCUT2D eigenvalue weighted by Gasteiger charge is 1.99. The summed E-state index contributed by atoms with van der Waals surface area (Å²) in [5.41, 5.74) is 64.7. The Labute approximate surface area is 190 Å². The van der Waals surface area contributed by atoms with Gasteiger partial charge in [-0.1, -0.05) is 5.73 Å². The van der Waals surface area contributed by atoms with Crippen LogP contribution in [0, 0.1) is 0 Å². The first kappa shape index (κ1) is 26.5. The number of methoxy groups -OCH3 is 1. The van der Waals surface area contributed by atoms with Gasteiger partial charge in [-0.05, 0) is 111 Å². The molecule has 0 bridgehead atoms. The van der Waals surface area contributed by atoms with Gasteiger partial charge in [-0.15, -0.1) is 0 Å². The Morgan fingerprint density at radius 2 is 0.727 bits per heavy atom. The summed E-state index contributed by atoms with van der Waals surface area (Å²) in [4.78, 5) is 11.1. The maximum absolute atomic E-state index is 11.1. The molecule has 2 nitrogen and oxygen atoms in total. The molecule has 0 atom stereocenters. The monoisotopic (exact) mass is 412 g/mol. The number of ether oxygens (including phenoxy) is 1. The first-order valence-corrected chi connectivity index (χ1v) is 8.42. The van der Waals surface area contributed by atoms with Crippen LogP contribution in [0.4, 0.5) is 0 Å². The van der Waals surface area contributed by atoms with E-state index >= 15 is 0 Å². The third-order valence-electron chi connectivity index (χ3n) is 2.27. The van der Waals surface area contributed by atoms with Gasteiger partial charge in [-0.2, -0.15) is 0 Å². The SMILES string of the molecule is C=C=C=C=C=C=C=C=C=C=C=C=C=C=C=C=C=C=C=C=C=C=C=C=C=C=C=C(C)C(=O)OC. The lowest BCUT2D eigenvalue weighted by molar-refractivity contribution is -0.136. The molecule has 0 saturated carbocycles. The number of rotatable bonds is 1. The van der Waals surface area contributed by atoms with Crippen LogP contribution in [0.15, 0.2) is 161 Å². The largest absolute Gasteiger partial charge is 0.465 e. The van der Waals surface area contributed by atoms with Crippen molar-refractivity contribution in [2.75, 3.05) is 7.11 Å². The normalized spacial score (nSPS) is 4.79. The molecule has 0 radical (unpaired) electrons. The van der Waals surface area contributed by atoms with Gasteiger partial charge in [-0.25, -0.2) is 4.79 Å². The first-order chi connectivity index (χ1) is 16.2. The second-order valence-corrected chi connectivity index (χ2v) is 4.42. The first-order valence-electron chi connectivity index (χ1n) is 8.42. The number of carbonyl (C=O) groups excluding carboxylic acids is 1. The molecule has 0 aliphatic carbocycles. The lowest BCUT2D eigenvalue weighted by atomic mass is 10.3. The van der Waals surface area contributed by atoms with Crippen molar-refractivity contribution in [2.45, 2.75) is 6.92 Å².